The van der Waals surface area contributed by atoms with Gasteiger partial charge in [-0.2, -0.15) is 23.1 Å². The number of aryl methyl sites for hydroxylation is 1. The Bertz CT molecular complexity index is 2440. The molecular weight excluding hydrogens is 834 g/mol. The molecule has 6 aliphatic heterocycles. The summed E-state index contributed by atoms with van der Waals surface area (Å²) in [5.41, 5.74) is -5.95. The van der Waals surface area contributed by atoms with Crippen molar-refractivity contribution >= 4 is 39.7 Å². The largest absolute Gasteiger partial charge is 0.461 e. The van der Waals surface area contributed by atoms with Crippen LogP contribution in [0.4, 0.5) is 50.5 Å². The molecule has 6 bridgehead atoms. The average Bonchev–Trinajstić information content (AvgIpc) is 3.73. The number of carbonyl (C=O) groups excluding carboxylic acids is 2. The molecule has 4 saturated heterocycles. The molecule has 4 fully saturated rings. The van der Waals surface area contributed by atoms with Gasteiger partial charge in [0, 0.05) is 63.6 Å². The summed E-state index contributed by atoms with van der Waals surface area (Å²) in [4.78, 5) is 44.6. The summed E-state index contributed by atoms with van der Waals surface area (Å²) >= 11 is 0. The average molecular weight is 878 g/mol. The minimum atomic E-state index is -5.12. The quantitative estimate of drug-likeness (QED) is 0.203. The number of alkyl halides is 6. The molecule has 62 heavy (non-hydrogen) atoms. The Morgan fingerprint density at radius 3 is 2.56 bits per heavy atom. The van der Waals surface area contributed by atoms with Gasteiger partial charge in [-0.05, 0) is 73.7 Å². The lowest BCUT2D eigenvalue weighted by atomic mass is 9.90. The van der Waals surface area contributed by atoms with Crippen LogP contribution in [0.5, 0.6) is 11.8 Å². The van der Waals surface area contributed by atoms with Crippen LogP contribution in [0.1, 0.15) is 57.4 Å². The third-order valence-corrected chi connectivity index (χ3v) is 12.9. The zero-order valence-electron chi connectivity index (χ0n) is 33.6. The van der Waals surface area contributed by atoms with Gasteiger partial charge >= 0.3 is 24.4 Å². The van der Waals surface area contributed by atoms with Gasteiger partial charge in [-0.15, -0.1) is 0 Å². The van der Waals surface area contributed by atoms with E-state index >= 15 is 13.2 Å². The van der Waals surface area contributed by atoms with Gasteiger partial charge in [0.15, 0.2) is 5.82 Å². The number of piperidine rings is 2. The number of nitrogens with zero attached hydrogens (tertiary/aromatic N) is 6. The van der Waals surface area contributed by atoms with Crippen molar-refractivity contribution in [3.05, 3.63) is 47.7 Å². The number of carbonyl (C=O) groups is 2. The fourth-order valence-electron chi connectivity index (χ4n) is 9.92. The maximum atomic E-state index is 17.5. The van der Waals surface area contributed by atoms with Gasteiger partial charge in [-0.25, -0.2) is 31.5 Å². The van der Waals surface area contributed by atoms with Crippen molar-refractivity contribution < 1.29 is 58.9 Å². The topological polar surface area (TPSA) is 122 Å². The van der Waals surface area contributed by atoms with Crippen LogP contribution in [-0.2, 0) is 11.2 Å². The van der Waals surface area contributed by atoms with E-state index in [-0.39, 0.29) is 115 Å². The first kappa shape index (κ1) is 42.1. The molecule has 0 aliphatic carbocycles. The Kier molecular flexibility index (Phi) is 10.5. The number of hydrogen-bond donors (Lipinski definition) is 1. The maximum absolute atomic E-state index is 17.5. The lowest BCUT2D eigenvalue weighted by Gasteiger charge is -2.42. The molecule has 6 aliphatic rings. The van der Waals surface area contributed by atoms with Crippen LogP contribution in [0, 0.1) is 11.6 Å². The molecule has 0 saturated carbocycles. The molecule has 0 spiro atoms. The predicted molar refractivity (Wildman–Crippen MR) is 208 cm³/mol. The molecule has 8 heterocycles. The summed E-state index contributed by atoms with van der Waals surface area (Å²) in [6, 6.07) is 4.84. The molecule has 4 atom stereocenters. The number of rotatable bonds is 4. The lowest BCUT2D eigenvalue weighted by Crippen LogP contribution is -2.60. The molecule has 332 valence electrons. The van der Waals surface area contributed by atoms with E-state index < -0.39 is 85.0 Å². The van der Waals surface area contributed by atoms with E-state index in [1.54, 1.807) is 6.92 Å². The molecule has 0 unspecified atom stereocenters. The number of alkyl carbamates (subject to hydrolysis) is 1. The highest BCUT2D eigenvalue weighted by molar-refractivity contribution is 6.02. The number of halogens is 8. The molecule has 2 aromatic heterocycles. The highest BCUT2D eigenvalue weighted by Crippen LogP contribution is 2.44. The number of hydrogen-bond acceptors (Lipinski definition) is 10. The number of nitrogens with one attached hydrogen (secondary N) is 1. The van der Waals surface area contributed by atoms with Crippen LogP contribution >= 0.6 is 0 Å². The van der Waals surface area contributed by atoms with E-state index in [2.05, 4.69) is 20.3 Å². The van der Waals surface area contributed by atoms with Crippen molar-refractivity contribution in [3.8, 4) is 23.0 Å². The molecule has 12 nitrogen and oxygen atoms in total. The van der Waals surface area contributed by atoms with Gasteiger partial charge in [0.1, 0.15) is 47.5 Å². The smallest absolute Gasteiger partial charge is 0.422 e. The van der Waals surface area contributed by atoms with Crippen LogP contribution in [0.3, 0.4) is 0 Å². The van der Waals surface area contributed by atoms with Gasteiger partial charge in [-0.1, -0.05) is 6.07 Å². The summed E-state index contributed by atoms with van der Waals surface area (Å²) in [6.07, 6.45) is -8.64. The van der Waals surface area contributed by atoms with E-state index in [4.69, 9.17) is 14.2 Å². The zero-order chi connectivity index (χ0) is 43.8. The van der Waals surface area contributed by atoms with E-state index in [9.17, 15) is 31.5 Å². The third kappa shape index (κ3) is 7.65. The van der Waals surface area contributed by atoms with Crippen molar-refractivity contribution in [1.29, 1.82) is 0 Å². The summed E-state index contributed by atoms with van der Waals surface area (Å²) in [7, 11) is 0. The number of ether oxygens (including phenoxy) is 3. The van der Waals surface area contributed by atoms with E-state index in [1.165, 1.54) is 29.3 Å². The molecule has 2 aromatic carbocycles. The predicted octanol–water partition coefficient (Wildman–Crippen LogP) is 7.92. The van der Waals surface area contributed by atoms with Gasteiger partial charge in [0.05, 0.1) is 29.6 Å². The normalized spacial score (nSPS) is 26.7. The number of pyridine rings is 1. The molecule has 2 amide bonds. The molecule has 10 rings (SSSR count). The number of likely N-dealkylation sites (tertiary alicyclic amines) is 1. The van der Waals surface area contributed by atoms with Gasteiger partial charge in [-0.3, -0.25) is 9.88 Å². The Balaban J connectivity index is 1.17. The summed E-state index contributed by atoms with van der Waals surface area (Å²) in [5, 5.41) is 3.22. The van der Waals surface area contributed by atoms with Crippen LogP contribution in [0.15, 0.2) is 30.5 Å². The number of fused-ring (bicyclic) bond motifs is 7. The highest BCUT2D eigenvalue weighted by Gasteiger charge is 2.57. The zero-order valence-corrected chi connectivity index (χ0v) is 33.6. The molecule has 20 heteroatoms. The fourth-order valence-corrected chi connectivity index (χ4v) is 9.92. The van der Waals surface area contributed by atoms with Crippen molar-refractivity contribution in [2.75, 3.05) is 57.4 Å². The van der Waals surface area contributed by atoms with E-state index in [1.807, 2.05) is 4.90 Å². The Morgan fingerprint density at radius 2 is 1.79 bits per heavy atom. The van der Waals surface area contributed by atoms with E-state index in [0.717, 1.165) is 17.4 Å². The molecule has 1 N–H and O–H groups in total. The Labute approximate surface area is 349 Å². The first-order valence-corrected chi connectivity index (χ1v) is 20.6. The van der Waals surface area contributed by atoms with Gasteiger partial charge in [0.25, 0.3) is 0 Å². The summed E-state index contributed by atoms with van der Waals surface area (Å²) < 4.78 is 136. The second kappa shape index (κ2) is 15.5. The van der Waals surface area contributed by atoms with Crippen LogP contribution < -0.4 is 19.7 Å². The first-order chi connectivity index (χ1) is 29.4. The highest BCUT2D eigenvalue weighted by atomic mass is 19.4. The number of anilines is 1. The van der Waals surface area contributed by atoms with Gasteiger partial charge in [0.2, 0.25) is 5.67 Å². The summed E-state index contributed by atoms with van der Waals surface area (Å²) in [5.74, 6) is -1.88. The molecule has 4 aromatic rings. The van der Waals surface area contributed by atoms with Crippen molar-refractivity contribution in [3.63, 3.8) is 0 Å². The van der Waals surface area contributed by atoms with Crippen molar-refractivity contribution in [1.82, 2.24) is 30.1 Å². The number of amides is 2. The minimum absolute atomic E-state index is 0.00289. The standard InChI is InChI=1S/C42H43F8N7O5/c1-39-16-24(43)19-56(21-39)35-29-18-51-33(32(46)34(29)52-36(53-35)61-22-40-7-3-10-57(40)20-25(44)17-40)28-15-26(62-38(59)55-11-8-41(47,9-12-55)42(48,49)50)14-23-5-6-30(45)27(31(23)28)4-2-13-60-37(58)54-39/h5-6,14-15,18,24-25H,2-4,7-13,16-17,19-22H2,1H3,(H,54,58)/t24-,25-,39-,40+/m1/s1. The van der Waals surface area contributed by atoms with Gasteiger partial charge < -0.3 is 29.3 Å². The monoisotopic (exact) mass is 877 g/mol. The molecular formula is C42H43F8N7O5. The minimum Gasteiger partial charge on any atom is -0.461 e. The van der Waals surface area contributed by atoms with Crippen LogP contribution in [-0.4, -0.2) is 125 Å². The number of aromatic nitrogens is 3. The van der Waals surface area contributed by atoms with Crippen LogP contribution in [0.2, 0.25) is 0 Å². The third-order valence-electron chi connectivity index (χ3n) is 12.9. The lowest BCUT2D eigenvalue weighted by molar-refractivity contribution is -0.241. The van der Waals surface area contributed by atoms with Crippen LogP contribution in [0.25, 0.3) is 32.9 Å². The molecule has 0 radical (unpaired) electrons. The second-order valence-electron chi connectivity index (χ2n) is 17.4. The fraction of sp³-hybridized carbons (Fsp3) is 0.548. The Hall–Kier alpha value is -5.27. The second-order valence-corrected chi connectivity index (χ2v) is 17.4. The van der Waals surface area contributed by atoms with E-state index in [0.29, 0.717) is 13.0 Å². The van der Waals surface area contributed by atoms with Crippen molar-refractivity contribution in [2.24, 2.45) is 0 Å². The Morgan fingerprint density at radius 1 is 1.02 bits per heavy atom. The summed E-state index contributed by atoms with van der Waals surface area (Å²) in [6.45, 7) is 0.978. The van der Waals surface area contributed by atoms with Crippen molar-refractivity contribution in [2.45, 2.75) is 93.6 Å². The first-order valence-electron chi connectivity index (χ1n) is 20.6. The SMILES string of the molecule is C[C@@]12C[C@@H](F)CN(C1)c1nc(OC[C@@]34CCCN3C[C@H](F)C4)nc3c(F)c(ncc13)-c1cc(OC(=O)N3CCC(F)(C(F)(F)F)CC3)cc3ccc(F)c(c13)CCCOC(=O)N2. The maximum Gasteiger partial charge on any atom is 0.422 e. The number of benzene rings is 2.